The molecule has 1 unspecified atom stereocenters. The van der Waals surface area contributed by atoms with E-state index in [1.807, 2.05) is 18.2 Å². The van der Waals surface area contributed by atoms with Crippen LogP contribution in [0, 0.1) is 24.2 Å². The Balaban J connectivity index is 2.35. The first-order valence-electron chi connectivity index (χ1n) is 4.98. The quantitative estimate of drug-likeness (QED) is 0.770. The van der Waals surface area contributed by atoms with Crippen molar-refractivity contribution in [1.29, 1.82) is 5.26 Å². The van der Waals surface area contributed by atoms with Crippen molar-refractivity contribution in [2.24, 2.45) is 11.7 Å². The summed E-state index contributed by atoms with van der Waals surface area (Å²) in [5.74, 6) is 0.641. The highest BCUT2D eigenvalue weighted by atomic mass is 14.7. The van der Waals surface area contributed by atoms with Gasteiger partial charge in [0.25, 0.3) is 0 Å². The van der Waals surface area contributed by atoms with Crippen molar-refractivity contribution in [2.45, 2.75) is 25.8 Å². The number of nitriles is 1. The SMILES string of the molecule is Cc1ccc(C#N)cc1C(N)C1CC1. The third kappa shape index (κ3) is 1.64. The molecule has 1 atom stereocenters. The first-order chi connectivity index (χ1) is 6.72. The van der Waals surface area contributed by atoms with Gasteiger partial charge in [-0.05, 0) is 48.9 Å². The van der Waals surface area contributed by atoms with E-state index in [1.165, 1.54) is 18.4 Å². The van der Waals surface area contributed by atoms with E-state index >= 15 is 0 Å². The predicted octanol–water partition coefficient (Wildman–Crippen LogP) is 2.28. The normalized spacial score (nSPS) is 17.5. The zero-order valence-electron chi connectivity index (χ0n) is 8.33. The fourth-order valence-electron chi connectivity index (χ4n) is 1.78. The maximum Gasteiger partial charge on any atom is 0.0991 e. The smallest absolute Gasteiger partial charge is 0.0991 e. The van der Waals surface area contributed by atoms with E-state index in [4.69, 9.17) is 11.0 Å². The Morgan fingerprint density at radius 3 is 2.79 bits per heavy atom. The highest BCUT2D eigenvalue weighted by Crippen LogP contribution is 2.40. The van der Waals surface area contributed by atoms with Gasteiger partial charge in [-0.3, -0.25) is 0 Å². The molecule has 1 aromatic rings. The lowest BCUT2D eigenvalue weighted by atomic mass is 9.96. The molecule has 2 rings (SSSR count). The molecule has 0 heterocycles. The summed E-state index contributed by atoms with van der Waals surface area (Å²) in [5, 5.41) is 8.80. The standard InChI is InChI=1S/C12H14N2/c1-8-2-3-9(7-13)6-11(8)12(14)10-4-5-10/h2-3,6,10,12H,4-5,14H2,1H3. The van der Waals surface area contributed by atoms with Crippen molar-refractivity contribution in [1.82, 2.24) is 0 Å². The zero-order chi connectivity index (χ0) is 10.1. The average molecular weight is 186 g/mol. The molecular weight excluding hydrogens is 172 g/mol. The summed E-state index contributed by atoms with van der Waals surface area (Å²) in [6.45, 7) is 2.05. The lowest BCUT2D eigenvalue weighted by Crippen LogP contribution is -2.13. The van der Waals surface area contributed by atoms with Crippen molar-refractivity contribution < 1.29 is 0 Å². The van der Waals surface area contributed by atoms with Gasteiger partial charge < -0.3 is 5.73 Å². The Morgan fingerprint density at radius 2 is 2.21 bits per heavy atom. The van der Waals surface area contributed by atoms with Crippen molar-refractivity contribution in [2.75, 3.05) is 0 Å². The van der Waals surface area contributed by atoms with Gasteiger partial charge in [-0.25, -0.2) is 0 Å². The Labute approximate surface area is 84.3 Å². The van der Waals surface area contributed by atoms with Crippen LogP contribution in [0.4, 0.5) is 0 Å². The van der Waals surface area contributed by atoms with Crippen LogP contribution in [0.5, 0.6) is 0 Å². The van der Waals surface area contributed by atoms with Crippen LogP contribution >= 0.6 is 0 Å². The largest absolute Gasteiger partial charge is 0.324 e. The number of hydrogen-bond donors (Lipinski definition) is 1. The van der Waals surface area contributed by atoms with Crippen LogP contribution in [0.15, 0.2) is 18.2 Å². The van der Waals surface area contributed by atoms with Gasteiger partial charge >= 0.3 is 0 Å². The van der Waals surface area contributed by atoms with E-state index in [1.54, 1.807) is 0 Å². The van der Waals surface area contributed by atoms with Crippen molar-refractivity contribution >= 4 is 0 Å². The van der Waals surface area contributed by atoms with Crippen LogP contribution in [0.25, 0.3) is 0 Å². The molecule has 1 aromatic carbocycles. The summed E-state index contributed by atoms with van der Waals surface area (Å²) in [6.07, 6.45) is 2.47. The molecule has 1 fully saturated rings. The van der Waals surface area contributed by atoms with Gasteiger partial charge in [0.2, 0.25) is 0 Å². The van der Waals surface area contributed by atoms with E-state index in [0.29, 0.717) is 11.5 Å². The Morgan fingerprint density at radius 1 is 1.50 bits per heavy atom. The number of benzene rings is 1. The predicted molar refractivity (Wildman–Crippen MR) is 55.5 cm³/mol. The lowest BCUT2D eigenvalue weighted by Gasteiger charge is -2.13. The second-order valence-corrected chi connectivity index (χ2v) is 4.05. The zero-order valence-corrected chi connectivity index (χ0v) is 8.33. The third-order valence-corrected chi connectivity index (χ3v) is 2.90. The summed E-state index contributed by atoms with van der Waals surface area (Å²) in [4.78, 5) is 0. The van der Waals surface area contributed by atoms with Gasteiger partial charge in [-0.2, -0.15) is 5.26 Å². The molecule has 0 saturated heterocycles. The monoisotopic (exact) mass is 186 g/mol. The topological polar surface area (TPSA) is 49.8 Å². The van der Waals surface area contributed by atoms with Crippen LogP contribution in [0.2, 0.25) is 0 Å². The molecule has 14 heavy (non-hydrogen) atoms. The summed E-state index contributed by atoms with van der Waals surface area (Å²) >= 11 is 0. The first-order valence-corrected chi connectivity index (χ1v) is 4.98. The fraction of sp³-hybridized carbons (Fsp3) is 0.417. The molecular formula is C12H14N2. The van der Waals surface area contributed by atoms with Gasteiger partial charge in [-0.15, -0.1) is 0 Å². The minimum atomic E-state index is 0.128. The molecule has 1 aliphatic carbocycles. The van der Waals surface area contributed by atoms with Crippen LogP contribution in [0.3, 0.4) is 0 Å². The molecule has 2 heteroatoms. The Bertz CT molecular complexity index is 386. The molecule has 0 bridgehead atoms. The first kappa shape index (κ1) is 9.23. The summed E-state index contributed by atoms with van der Waals surface area (Å²) in [7, 11) is 0. The molecule has 0 radical (unpaired) electrons. The lowest BCUT2D eigenvalue weighted by molar-refractivity contribution is 0.629. The Hall–Kier alpha value is -1.33. The Kier molecular flexibility index (Phi) is 2.26. The van der Waals surface area contributed by atoms with E-state index in [-0.39, 0.29) is 6.04 Å². The van der Waals surface area contributed by atoms with Crippen molar-refractivity contribution in [3.63, 3.8) is 0 Å². The fourth-order valence-corrected chi connectivity index (χ4v) is 1.78. The van der Waals surface area contributed by atoms with E-state index in [2.05, 4.69) is 13.0 Å². The molecule has 0 amide bonds. The number of aryl methyl sites for hydroxylation is 1. The van der Waals surface area contributed by atoms with Gasteiger partial charge in [0.1, 0.15) is 0 Å². The maximum absolute atomic E-state index is 8.80. The molecule has 0 aliphatic heterocycles. The van der Waals surface area contributed by atoms with Crippen LogP contribution < -0.4 is 5.73 Å². The van der Waals surface area contributed by atoms with Gasteiger partial charge in [-0.1, -0.05) is 6.07 Å². The second kappa shape index (κ2) is 3.43. The van der Waals surface area contributed by atoms with Gasteiger partial charge in [0.05, 0.1) is 11.6 Å². The summed E-state index contributed by atoms with van der Waals surface area (Å²) in [6, 6.07) is 8.04. The molecule has 0 spiro atoms. The van der Waals surface area contributed by atoms with E-state index in [0.717, 1.165) is 5.56 Å². The number of hydrogen-bond acceptors (Lipinski definition) is 2. The molecule has 1 aliphatic rings. The van der Waals surface area contributed by atoms with Crippen LogP contribution in [-0.2, 0) is 0 Å². The summed E-state index contributed by atoms with van der Waals surface area (Å²) < 4.78 is 0. The number of nitrogens with zero attached hydrogens (tertiary/aromatic N) is 1. The van der Waals surface area contributed by atoms with Gasteiger partial charge in [0, 0.05) is 6.04 Å². The highest BCUT2D eigenvalue weighted by Gasteiger charge is 2.30. The number of rotatable bonds is 2. The molecule has 1 saturated carbocycles. The van der Waals surface area contributed by atoms with E-state index < -0.39 is 0 Å². The highest BCUT2D eigenvalue weighted by molar-refractivity contribution is 5.39. The maximum atomic E-state index is 8.80. The summed E-state index contributed by atoms with van der Waals surface area (Å²) in [5.41, 5.74) is 9.17. The molecule has 2 N–H and O–H groups in total. The van der Waals surface area contributed by atoms with Crippen molar-refractivity contribution in [3.8, 4) is 6.07 Å². The molecule has 2 nitrogen and oxygen atoms in total. The van der Waals surface area contributed by atoms with Crippen molar-refractivity contribution in [3.05, 3.63) is 34.9 Å². The third-order valence-electron chi connectivity index (χ3n) is 2.90. The molecule has 0 aromatic heterocycles. The van der Waals surface area contributed by atoms with Crippen LogP contribution in [-0.4, -0.2) is 0 Å². The number of nitrogens with two attached hydrogens (primary N) is 1. The van der Waals surface area contributed by atoms with Gasteiger partial charge in [0.15, 0.2) is 0 Å². The second-order valence-electron chi connectivity index (χ2n) is 4.05. The average Bonchev–Trinajstić information content (AvgIpc) is 3.01. The van der Waals surface area contributed by atoms with Crippen LogP contribution in [0.1, 0.15) is 35.6 Å². The minimum Gasteiger partial charge on any atom is -0.324 e. The minimum absolute atomic E-state index is 0.128. The molecule has 72 valence electrons. The van der Waals surface area contributed by atoms with E-state index in [9.17, 15) is 0 Å².